The van der Waals surface area contributed by atoms with Gasteiger partial charge < -0.3 is 0 Å². The van der Waals surface area contributed by atoms with Crippen LogP contribution in [-0.2, 0) is 16.0 Å². The predicted molar refractivity (Wildman–Crippen MR) is 97.8 cm³/mol. The average Bonchev–Trinajstić information content (AvgIpc) is 2.89. The second-order valence-electron chi connectivity index (χ2n) is 8.93. The molecule has 2 aliphatic carbocycles. The first kappa shape index (κ1) is 17.1. The summed E-state index contributed by atoms with van der Waals surface area (Å²) < 4.78 is 0. The summed E-state index contributed by atoms with van der Waals surface area (Å²) in [5.74, 6) is 0.147. The number of hydrogen-bond donors (Lipinski definition) is 0. The number of fused-ring (bicyclic) bond motifs is 1. The van der Waals surface area contributed by atoms with Gasteiger partial charge in [0, 0.05) is 6.42 Å². The number of Topliss-reactive ketones (excluding diaryl/α,β-unsaturated/α-hetero) is 2. The molecule has 0 radical (unpaired) electrons. The van der Waals surface area contributed by atoms with E-state index in [1.807, 2.05) is 0 Å². The molecule has 2 aliphatic rings. The zero-order valence-electron chi connectivity index (χ0n) is 15.7. The summed E-state index contributed by atoms with van der Waals surface area (Å²) in [7, 11) is 0. The van der Waals surface area contributed by atoms with Crippen LogP contribution in [0.1, 0.15) is 64.2 Å². The fraction of sp³-hybridized carbons (Fsp3) is 0.545. The molecule has 0 amide bonds. The zero-order chi connectivity index (χ0) is 17.9. The van der Waals surface area contributed by atoms with Crippen LogP contribution in [-0.4, -0.2) is 11.6 Å². The van der Waals surface area contributed by atoms with E-state index in [0.29, 0.717) is 12.8 Å². The molecule has 0 N–H and O–H groups in total. The summed E-state index contributed by atoms with van der Waals surface area (Å²) in [5.41, 5.74) is 3.60. The minimum absolute atomic E-state index is 0.0242. The summed E-state index contributed by atoms with van der Waals surface area (Å²) in [4.78, 5) is 25.8. The summed E-state index contributed by atoms with van der Waals surface area (Å²) in [6.07, 6.45) is 4.09. The summed E-state index contributed by atoms with van der Waals surface area (Å²) in [6, 6.07) is 6.47. The van der Waals surface area contributed by atoms with Crippen molar-refractivity contribution in [2.75, 3.05) is 0 Å². The van der Waals surface area contributed by atoms with Crippen molar-refractivity contribution in [2.24, 2.45) is 16.2 Å². The number of ketones is 2. The molecule has 24 heavy (non-hydrogen) atoms. The van der Waals surface area contributed by atoms with E-state index in [0.717, 1.165) is 6.42 Å². The second-order valence-corrected chi connectivity index (χ2v) is 8.93. The Hall–Kier alpha value is -1.70. The van der Waals surface area contributed by atoms with Gasteiger partial charge in [0.05, 0.1) is 5.41 Å². The molecule has 0 saturated heterocycles. The summed E-state index contributed by atoms with van der Waals surface area (Å²) in [5, 5.41) is 0. The molecule has 1 unspecified atom stereocenters. The molecular weight excluding hydrogens is 296 g/mol. The molecule has 128 valence electrons. The molecule has 1 atom stereocenters. The van der Waals surface area contributed by atoms with E-state index < -0.39 is 5.41 Å². The molecule has 1 saturated carbocycles. The molecule has 1 aromatic rings. The Morgan fingerprint density at radius 1 is 1.17 bits per heavy atom. The molecule has 1 fully saturated rings. The minimum Gasteiger partial charge on any atom is -0.299 e. The Morgan fingerprint density at radius 2 is 1.83 bits per heavy atom. The molecule has 0 bridgehead atoms. The SMILES string of the molecule is CC(=O)C1(CC2=Cc3ccc(C)cc3C2)C(=O)CC(C)(C)C1(C)C. The Balaban J connectivity index is 2.01. The van der Waals surface area contributed by atoms with Gasteiger partial charge in [-0.25, -0.2) is 0 Å². The monoisotopic (exact) mass is 324 g/mol. The molecule has 2 heteroatoms. The third kappa shape index (κ3) is 2.15. The van der Waals surface area contributed by atoms with Crippen molar-refractivity contribution in [3.63, 3.8) is 0 Å². The van der Waals surface area contributed by atoms with Gasteiger partial charge in [-0.3, -0.25) is 9.59 Å². The highest BCUT2D eigenvalue weighted by Gasteiger charge is 2.66. The fourth-order valence-electron chi connectivity index (χ4n) is 4.78. The number of allylic oxidation sites excluding steroid dienone is 1. The van der Waals surface area contributed by atoms with Crippen LogP contribution in [0.3, 0.4) is 0 Å². The maximum atomic E-state index is 13.0. The highest BCUT2D eigenvalue weighted by Crippen LogP contribution is 2.63. The van der Waals surface area contributed by atoms with Crippen molar-refractivity contribution in [3.05, 3.63) is 40.5 Å². The fourth-order valence-corrected chi connectivity index (χ4v) is 4.78. The van der Waals surface area contributed by atoms with E-state index in [-0.39, 0.29) is 22.4 Å². The quantitative estimate of drug-likeness (QED) is 0.739. The summed E-state index contributed by atoms with van der Waals surface area (Å²) >= 11 is 0. The summed E-state index contributed by atoms with van der Waals surface area (Å²) in [6.45, 7) is 12.2. The van der Waals surface area contributed by atoms with E-state index in [9.17, 15) is 9.59 Å². The van der Waals surface area contributed by atoms with Crippen LogP contribution in [0.15, 0.2) is 23.8 Å². The Kier molecular flexibility index (Phi) is 3.67. The molecule has 3 rings (SSSR count). The lowest BCUT2D eigenvalue weighted by molar-refractivity contribution is -0.144. The zero-order valence-corrected chi connectivity index (χ0v) is 15.7. The van der Waals surface area contributed by atoms with Gasteiger partial charge in [-0.05, 0) is 48.6 Å². The third-order valence-electron chi connectivity index (χ3n) is 7.01. The maximum absolute atomic E-state index is 13.0. The number of benzene rings is 1. The molecule has 0 aromatic heterocycles. The van der Waals surface area contributed by atoms with Crippen molar-refractivity contribution in [3.8, 4) is 0 Å². The Labute approximate surface area is 145 Å². The normalized spacial score (nSPS) is 27.1. The van der Waals surface area contributed by atoms with Crippen LogP contribution in [0.2, 0.25) is 0 Å². The van der Waals surface area contributed by atoms with Gasteiger partial charge in [0.2, 0.25) is 0 Å². The lowest BCUT2D eigenvalue weighted by Crippen LogP contribution is -2.48. The minimum atomic E-state index is -0.889. The van der Waals surface area contributed by atoms with Crippen LogP contribution < -0.4 is 0 Å². The van der Waals surface area contributed by atoms with Crippen molar-refractivity contribution in [2.45, 2.75) is 60.8 Å². The van der Waals surface area contributed by atoms with Gasteiger partial charge in [0.15, 0.2) is 0 Å². The van der Waals surface area contributed by atoms with Crippen LogP contribution in [0.25, 0.3) is 6.08 Å². The first-order valence-corrected chi connectivity index (χ1v) is 8.84. The van der Waals surface area contributed by atoms with Crippen molar-refractivity contribution >= 4 is 17.6 Å². The maximum Gasteiger partial charge on any atom is 0.147 e. The highest BCUT2D eigenvalue weighted by molar-refractivity contribution is 6.09. The van der Waals surface area contributed by atoms with Crippen molar-refractivity contribution in [1.82, 2.24) is 0 Å². The highest BCUT2D eigenvalue weighted by atomic mass is 16.2. The van der Waals surface area contributed by atoms with E-state index in [1.165, 1.54) is 22.3 Å². The van der Waals surface area contributed by atoms with Gasteiger partial charge in [0.1, 0.15) is 11.6 Å². The molecule has 2 nitrogen and oxygen atoms in total. The van der Waals surface area contributed by atoms with Gasteiger partial charge >= 0.3 is 0 Å². The third-order valence-corrected chi connectivity index (χ3v) is 7.01. The number of rotatable bonds is 3. The molecule has 0 aliphatic heterocycles. The Bertz CT molecular complexity index is 764. The molecular formula is C22H28O2. The van der Waals surface area contributed by atoms with E-state index >= 15 is 0 Å². The first-order chi connectivity index (χ1) is 11.0. The molecule has 0 spiro atoms. The first-order valence-electron chi connectivity index (χ1n) is 8.84. The number of carbonyl (C=O) groups excluding carboxylic acids is 2. The van der Waals surface area contributed by atoms with Crippen LogP contribution in [0.5, 0.6) is 0 Å². The van der Waals surface area contributed by atoms with Crippen LogP contribution in [0.4, 0.5) is 0 Å². The average molecular weight is 324 g/mol. The van der Waals surface area contributed by atoms with E-state index in [1.54, 1.807) is 6.92 Å². The lowest BCUT2D eigenvalue weighted by Gasteiger charge is -2.45. The van der Waals surface area contributed by atoms with E-state index in [4.69, 9.17) is 0 Å². The topological polar surface area (TPSA) is 34.1 Å². The largest absolute Gasteiger partial charge is 0.299 e. The Morgan fingerprint density at radius 3 is 2.38 bits per heavy atom. The van der Waals surface area contributed by atoms with Gasteiger partial charge in [-0.2, -0.15) is 0 Å². The van der Waals surface area contributed by atoms with Crippen LogP contribution >= 0.6 is 0 Å². The van der Waals surface area contributed by atoms with E-state index in [2.05, 4.69) is 58.9 Å². The number of carbonyl (C=O) groups is 2. The molecule has 0 heterocycles. The van der Waals surface area contributed by atoms with Crippen LogP contribution in [0, 0.1) is 23.2 Å². The van der Waals surface area contributed by atoms with Gasteiger partial charge in [0.25, 0.3) is 0 Å². The smallest absolute Gasteiger partial charge is 0.147 e. The number of aryl methyl sites for hydroxylation is 1. The van der Waals surface area contributed by atoms with Gasteiger partial charge in [-0.15, -0.1) is 0 Å². The number of hydrogen-bond acceptors (Lipinski definition) is 2. The second kappa shape index (κ2) is 5.15. The standard InChI is InChI=1S/C22H28O2/c1-14-7-8-17-10-16(11-18(17)9-14)12-22(15(2)23)19(24)13-20(3,4)21(22,5)6/h7-10H,11-13H2,1-6H3. The lowest BCUT2D eigenvalue weighted by atomic mass is 9.56. The predicted octanol–water partition coefficient (Wildman–Crippen LogP) is 4.93. The van der Waals surface area contributed by atoms with Gasteiger partial charge in [-0.1, -0.05) is 63.1 Å². The van der Waals surface area contributed by atoms with Crippen molar-refractivity contribution < 1.29 is 9.59 Å². The van der Waals surface area contributed by atoms with Crippen molar-refractivity contribution in [1.29, 1.82) is 0 Å². The molecule has 1 aromatic carbocycles.